The van der Waals surface area contributed by atoms with E-state index in [0.29, 0.717) is 12.0 Å². The molecule has 0 unspecified atom stereocenters. The van der Waals surface area contributed by atoms with Crippen LogP contribution in [0.25, 0.3) is 11.9 Å². The summed E-state index contributed by atoms with van der Waals surface area (Å²) in [5, 5.41) is 0.241. The van der Waals surface area contributed by atoms with Gasteiger partial charge in [0.2, 0.25) is 5.88 Å². The standard InChI is InChI=1S/C23H20F2N4O2S/c1-4-7-31-20-12-27-18(11-28-20)17(25)9-14-5-6-16(24)15(8-14)22(3)19-10-23(19,13(2)30)32-21(26)29-22/h1,5-6,8-9,11-12,19H,7,10H2,2-3H3,(H2,26,29)/t19-,22+,23+/m0/s1. The zero-order valence-electron chi connectivity index (χ0n) is 17.4. The van der Waals surface area contributed by atoms with Crippen LogP contribution < -0.4 is 10.5 Å². The first-order valence-electron chi connectivity index (χ1n) is 9.81. The lowest BCUT2D eigenvalue weighted by Crippen LogP contribution is -2.38. The van der Waals surface area contributed by atoms with Crippen LogP contribution in [0.1, 0.15) is 37.1 Å². The highest BCUT2D eigenvalue weighted by molar-refractivity contribution is 8.15. The molecule has 1 fully saturated rings. The molecule has 0 saturated heterocycles. The van der Waals surface area contributed by atoms with E-state index in [9.17, 15) is 13.6 Å². The number of Topliss-reactive ketones (excluding diaryl/α,β-unsaturated/α-hetero) is 1. The molecule has 32 heavy (non-hydrogen) atoms. The number of halogens is 2. The zero-order chi connectivity index (χ0) is 23.1. The molecule has 0 amide bonds. The normalized spacial score (nSPS) is 26.5. The van der Waals surface area contributed by atoms with E-state index >= 15 is 0 Å². The largest absolute Gasteiger partial charge is 0.463 e. The van der Waals surface area contributed by atoms with Crippen LogP contribution in [0.5, 0.6) is 5.88 Å². The van der Waals surface area contributed by atoms with Crippen molar-refractivity contribution in [3.05, 3.63) is 53.2 Å². The number of hydrogen-bond acceptors (Lipinski definition) is 7. The van der Waals surface area contributed by atoms with Crippen molar-refractivity contribution in [2.24, 2.45) is 16.6 Å². The zero-order valence-corrected chi connectivity index (χ0v) is 18.2. The van der Waals surface area contributed by atoms with Crippen LogP contribution in [0.15, 0.2) is 35.6 Å². The molecule has 1 aliphatic carbocycles. The number of fused-ring (bicyclic) bond motifs is 1. The molecule has 0 radical (unpaired) electrons. The third-order valence-electron chi connectivity index (χ3n) is 5.82. The van der Waals surface area contributed by atoms with Crippen molar-refractivity contribution < 1.29 is 18.3 Å². The van der Waals surface area contributed by atoms with E-state index in [4.69, 9.17) is 16.9 Å². The highest BCUT2D eigenvalue weighted by atomic mass is 32.2. The van der Waals surface area contributed by atoms with Crippen molar-refractivity contribution in [3.63, 3.8) is 0 Å². The van der Waals surface area contributed by atoms with Crippen molar-refractivity contribution >= 4 is 34.6 Å². The van der Waals surface area contributed by atoms with Crippen LogP contribution in [0.3, 0.4) is 0 Å². The maximum Gasteiger partial charge on any atom is 0.233 e. The fraction of sp³-hybridized carbons (Fsp3) is 0.304. The Morgan fingerprint density at radius 1 is 1.44 bits per heavy atom. The van der Waals surface area contributed by atoms with Gasteiger partial charge in [-0.3, -0.25) is 9.79 Å². The smallest absolute Gasteiger partial charge is 0.233 e. The first-order chi connectivity index (χ1) is 15.2. The molecule has 1 aromatic heterocycles. The molecule has 2 aliphatic rings. The van der Waals surface area contributed by atoms with E-state index in [-0.39, 0.29) is 40.6 Å². The summed E-state index contributed by atoms with van der Waals surface area (Å²) in [5.41, 5.74) is 5.64. The van der Waals surface area contributed by atoms with Gasteiger partial charge in [-0.15, -0.1) is 6.42 Å². The number of aliphatic imine (C=N–C) groups is 1. The minimum absolute atomic E-state index is 0.00711. The van der Waals surface area contributed by atoms with E-state index in [1.54, 1.807) is 6.92 Å². The van der Waals surface area contributed by atoms with Gasteiger partial charge < -0.3 is 10.5 Å². The number of hydrogen-bond donors (Lipinski definition) is 1. The van der Waals surface area contributed by atoms with Crippen LogP contribution >= 0.6 is 11.8 Å². The Hall–Kier alpha value is -3.25. The molecule has 1 saturated carbocycles. The summed E-state index contributed by atoms with van der Waals surface area (Å²) in [5.74, 6) is 1.13. The van der Waals surface area contributed by atoms with Gasteiger partial charge in [-0.05, 0) is 44.0 Å². The van der Waals surface area contributed by atoms with E-state index in [1.165, 1.54) is 55.4 Å². The average Bonchev–Trinajstić information content (AvgIpc) is 3.51. The lowest BCUT2D eigenvalue weighted by Gasteiger charge is -2.33. The van der Waals surface area contributed by atoms with Gasteiger partial charge in [0.15, 0.2) is 17.6 Å². The summed E-state index contributed by atoms with van der Waals surface area (Å²) in [6.45, 7) is 3.30. The van der Waals surface area contributed by atoms with Crippen LogP contribution in [-0.2, 0) is 10.3 Å². The fourth-order valence-electron chi connectivity index (χ4n) is 4.11. The van der Waals surface area contributed by atoms with Crippen LogP contribution in [0.4, 0.5) is 8.78 Å². The first kappa shape index (κ1) is 22.0. The number of nitrogens with two attached hydrogens (primary N) is 1. The summed E-state index contributed by atoms with van der Waals surface area (Å²) in [4.78, 5) is 24.7. The Labute approximate surface area is 188 Å². The summed E-state index contributed by atoms with van der Waals surface area (Å²) >= 11 is 1.24. The van der Waals surface area contributed by atoms with E-state index < -0.39 is 21.9 Å². The molecule has 2 N–H and O–H groups in total. The number of ether oxygens (including phenoxy) is 1. The predicted molar refractivity (Wildman–Crippen MR) is 120 cm³/mol. The molecule has 0 bridgehead atoms. The molecule has 9 heteroatoms. The van der Waals surface area contributed by atoms with Crippen LogP contribution in [-0.4, -0.2) is 32.3 Å². The molecular weight excluding hydrogens is 434 g/mol. The molecule has 4 rings (SSSR count). The van der Waals surface area contributed by atoms with Crippen molar-refractivity contribution in [2.45, 2.75) is 30.6 Å². The molecule has 2 aromatic rings. The molecule has 0 spiro atoms. The number of nitrogens with zero attached hydrogens (tertiary/aromatic N) is 3. The van der Waals surface area contributed by atoms with Gasteiger partial charge in [0.05, 0.1) is 22.7 Å². The monoisotopic (exact) mass is 454 g/mol. The summed E-state index contributed by atoms with van der Waals surface area (Å²) in [6, 6.07) is 4.24. The number of benzene rings is 1. The predicted octanol–water partition coefficient (Wildman–Crippen LogP) is 3.72. The summed E-state index contributed by atoms with van der Waals surface area (Å²) in [7, 11) is 0. The molecule has 3 atom stereocenters. The molecular formula is C23H20F2N4O2S. The van der Waals surface area contributed by atoms with Crippen molar-refractivity contribution in [3.8, 4) is 18.2 Å². The third kappa shape index (κ3) is 3.75. The Morgan fingerprint density at radius 2 is 2.22 bits per heavy atom. The van der Waals surface area contributed by atoms with Crippen molar-refractivity contribution in [2.75, 3.05) is 6.61 Å². The fourth-order valence-corrected chi connectivity index (χ4v) is 5.48. The number of thioether (sulfide) groups is 1. The second-order valence-corrected chi connectivity index (χ2v) is 9.22. The number of carbonyl (C=O) groups excluding carboxylic acids is 1. The number of terminal acetylenes is 1. The Morgan fingerprint density at radius 3 is 2.88 bits per heavy atom. The average molecular weight is 455 g/mol. The SMILES string of the molecule is C#CCOc1cnc(C(F)=Cc2ccc(F)c([C@@]3(C)N=C(N)S[C@@]4(C(C)=O)C[C@H]43)c2)cn1. The highest BCUT2D eigenvalue weighted by Gasteiger charge is 2.69. The summed E-state index contributed by atoms with van der Waals surface area (Å²) in [6.07, 6.45) is 9.39. The van der Waals surface area contributed by atoms with Gasteiger partial charge >= 0.3 is 0 Å². The lowest BCUT2D eigenvalue weighted by molar-refractivity contribution is -0.117. The molecule has 6 nitrogen and oxygen atoms in total. The number of carbonyl (C=O) groups is 1. The van der Waals surface area contributed by atoms with Gasteiger partial charge in [-0.25, -0.2) is 18.7 Å². The molecule has 164 valence electrons. The van der Waals surface area contributed by atoms with Gasteiger partial charge in [0, 0.05) is 11.5 Å². The highest BCUT2D eigenvalue weighted by Crippen LogP contribution is 2.66. The summed E-state index contributed by atoms with van der Waals surface area (Å²) < 4.78 is 34.1. The van der Waals surface area contributed by atoms with E-state index in [0.717, 1.165) is 0 Å². The van der Waals surface area contributed by atoms with E-state index in [1.807, 2.05) is 0 Å². The number of ketones is 1. The Balaban J connectivity index is 1.66. The minimum atomic E-state index is -1.03. The maximum atomic E-state index is 14.9. The maximum absolute atomic E-state index is 14.9. The number of aromatic nitrogens is 2. The van der Waals surface area contributed by atoms with Crippen molar-refractivity contribution in [1.82, 2.24) is 9.97 Å². The van der Waals surface area contributed by atoms with Crippen molar-refractivity contribution in [1.29, 1.82) is 0 Å². The minimum Gasteiger partial charge on any atom is -0.463 e. The second kappa shape index (κ2) is 8.02. The quantitative estimate of drug-likeness (QED) is 0.669. The van der Waals surface area contributed by atoms with Crippen LogP contribution in [0, 0.1) is 24.1 Å². The van der Waals surface area contributed by atoms with Gasteiger partial charge in [0.1, 0.15) is 17.3 Å². The van der Waals surface area contributed by atoms with E-state index in [2.05, 4.69) is 20.9 Å². The second-order valence-electron chi connectivity index (χ2n) is 7.87. The molecule has 1 aliphatic heterocycles. The molecule has 2 heterocycles. The van der Waals surface area contributed by atoms with Gasteiger partial charge in [-0.2, -0.15) is 0 Å². The number of amidine groups is 1. The molecule has 1 aromatic carbocycles. The third-order valence-corrected chi connectivity index (χ3v) is 7.22. The lowest BCUT2D eigenvalue weighted by atomic mass is 9.84. The number of rotatable bonds is 6. The van der Waals surface area contributed by atoms with Gasteiger partial charge in [-0.1, -0.05) is 23.7 Å². The topological polar surface area (TPSA) is 90.5 Å². The Bertz CT molecular complexity index is 1190. The van der Waals surface area contributed by atoms with Crippen LogP contribution in [0.2, 0.25) is 0 Å². The Kier molecular flexibility index (Phi) is 5.51. The first-order valence-corrected chi connectivity index (χ1v) is 10.6. The van der Waals surface area contributed by atoms with Gasteiger partial charge in [0.25, 0.3) is 0 Å².